The summed E-state index contributed by atoms with van der Waals surface area (Å²) in [5.41, 5.74) is 4.42. The predicted octanol–water partition coefficient (Wildman–Crippen LogP) is 4.45. The number of piperazine rings is 1. The number of terminal acetylenes is 1. The molecule has 228 valence electrons. The van der Waals surface area contributed by atoms with Crippen LogP contribution in [0.4, 0.5) is 16.3 Å². The quantitative estimate of drug-likeness (QED) is 0.379. The van der Waals surface area contributed by atoms with Crippen molar-refractivity contribution in [3.8, 4) is 24.4 Å². The van der Waals surface area contributed by atoms with Gasteiger partial charge in [-0.15, -0.1) is 12.3 Å². The smallest absolute Gasteiger partial charge is 0.407 e. The van der Waals surface area contributed by atoms with Crippen LogP contribution in [0, 0.1) is 30.6 Å². The highest BCUT2D eigenvalue weighted by Crippen LogP contribution is 2.36. The average Bonchev–Trinajstić information content (AvgIpc) is 3.49. The van der Waals surface area contributed by atoms with E-state index in [0.717, 1.165) is 56.0 Å². The van der Waals surface area contributed by atoms with Crippen LogP contribution in [0.3, 0.4) is 0 Å². The number of hydrogen-bond acceptors (Lipinski definition) is 8. The third-order valence-electron chi connectivity index (χ3n) is 9.26. The molecule has 2 saturated heterocycles. The molecule has 2 aromatic carbocycles. The van der Waals surface area contributed by atoms with Crippen molar-refractivity contribution in [2.24, 2.45) is 0 Å². The molecular weight excluding hydrogens is 554 g/mol. The largest absolute Gasteiger partial charge is 0.465 e. The van der Waals surface area contributed by atoms with E-state index in [1.807, 2.05) is 0 Å². The summed E-state index contributed by atoms with van der Waals surface area (Å²) in [5, 5.41) is 21.6. The zero-order valence-corrected chi connectivity index (χ0v) is 25.3. The molecule has 2 fully saturated rings. The van der Waals surface area contributed by atoms with Gasteiger partial charge in [0.2, 0.25) is 0 Å². The van der Waals surface area contributed by atoms with Gasteiger partial charge in [-0.05, 0) is 49.7 Å². The minimum absolute atomic E-state index is 0.128. The number of ether oxygens (including phenoxy) is 1. The van der Waals surface area contributed by atoms with Crippen molar-refractivity contribution in [1.29, 1.82) is 5.26 Å². The van der Waals surface area contributed by atoms with Crippen LogP contribution in [-0.2, 0) is 13.0 Å². The second-order valence-electron chi connectivity index (χ2n) is 11.9. The van der Waals surface area contributed by atoms with Gasteiger partial charge in [-0.1, -0.05) is 30.3 Å². The Morgan fingerprint density at radius 3 is 2.75 bits per heavy atom. The van der Waals surface area contributed by atoms with E-state index in [9.17, 15) is 15.2 Å². The summed E-state index contributed by atoms with van der Waals surface area (Å²) in [6.45, 7) is 7.13. The van der Waals surface area contributed by atoms with Gasteiger partial charge in [0.1, 0.15) is 12.4 Å². The number of rotatable bonds is 8. The zero-order valence-electron chi connectivity index (χ0n) is 25.3. The number of carbonyl (C=O) groups is 1. The molecule has 3 aromatic rings. The molecule has 2 atom stereocenters. The molecule has 0 spiro atoms. The second-order valence-corrected chi connectivity index (χ2v) is 11.9. The highest BCUT2D eigenvalue weighted by molar-refractivity contribution is 5.97. The fourth-order valence-corrected chi connectivity index (χ4v) is 7.03. The molecule has 3 aliphatic rings. The summed E-state index contributed by atoms with van der Waals surface area (Å²) < 4.78 is 6.34. The van der Waals surface area contributed by atoms with E-state index in [2.05, 4.69) is 70.0 Å². The zero-order chi connectivity index (χ0) is 30.6. The number of likely N-dealkylation sites (tertiary alicyclic amines) is 1. The van der Waals surface area contributed by atoms with Crippen molar-refractivity contribution < 1.29 is 14.6 Å². The minimum Gasteiger partial charge on any atom is -0.465 e. The van der Waals surface area contributed by atoms with Crippen LogP contribution in [-0.4, -0.2) is 88.9 Å². The maximum Gasteiger partial charge on any atom is 0.407 e. The van der Waals surface area contributed by atoms with E-state index in [-0.39, 0.29) is 12.5 Å². The summed E-state index contributed by atoms with van der Waals surface area (Å²) in [5.74, 6) is 3.54. The molecule has 44 heavy (non-hydrogen) atoms. The van der Waals surface area contributed by atoms with E-state index < -0.39 is 12.1 Å². The van der Waals surface area contributed by atoms with Gasteiger partial charge in [0, 0.05) is 61.8 Å². The number of carboxylic acid groups (broad SMARTS) is 1. The number of amides is 1. The third-order valence-corrected chi connectivity index (χ3v) is 9.26. The fraction of sp³-hybridized carbons (Fsp3) is 0.471. The topological polar surface area (TPSA) is 109 Å². The molecule has 10 heteroatoms. The molecule has 2 unspecified atom stereocenters. The lowest BCUT2D eigenvalue weighted by atomic mass is 9.99. The molecule has 6 rings (SSSR count). The van der Waals surface area contributed by atoms with E-state index in [4.69, 9.17) is 21.1 Å². The summed E-state index contributed by atoms with van der Waals surface area (Å²) in [6.07, 6.45) is 8.28. The summed E-state index contributed by atoms with van der Waals surface area (Å²) >= 11 is 0. The van der Waals surface area contributed by atoms with Crippen molar-refractivity contribution >= 4 is 28.4 Å². The SMILES string of the molecule is C#CCCN1CCCC1COc1nc2c(c(N3CCN(C(=O)O)C(CC#N)C3)n1)CCN(c1cccc3cccc(C)c13)C2. The first-order chi connectivity index (χ1) is 21.5. The number of fused-ring (bicyclic) bond motifs is 2. The number of aryl methyl sites for hydroxylation is 1. The highest BCUT2D eigenvalue weighted by Gasteiger charge is 2.34. The number of hydrogen-bond donors (Lipinski definition) is 1. The Balaban J connectivity index is 1.32. The number of nitrogens with zero attached hydrogens (tertiary/aromatic N) is 7. The molecule has 1 N–H and O–H groups in total. The Morgan fingerprint density at radius 2 is 1.95 bits per heavy atom. The molecule has 0 radical (unpaired) electrons. The van der Waals surface area contributed by atoms with Crippen molar-refractivity contribution in [2.75, 3.05) is 55.7 Å². The van der Waals surface area contributed by atoms with Crippen LogP contribution in [0.5, 0.6) is 6.01 Å². The van der Waals surface area contributed by atoms with Crippen LogP contribution in [0.2, 0.25) is 0 Å². The van der Waals surface area contributed by atoms with Crippen LogP contribution in [0.25, 0.3) is 10.8 Å². The van der Waals surface area contributed by atoms with Gasteiger partial charge in [0.05, 0.1) is 30.8 Å². The van der Waals surface area contributed by atoms with Crippen molar-refractivity contribution in [3.05, 3.63) is 53.2 Å². The molecular formula is C34H39N7O3. The first kappa shape index (κ1) is 29.5. The van der Waals surface area contributed by atoms with Crippen LogP contribution in [0.1, 0.15) is 42.5 Å². The standard InChI is InChI=1S/C34H39N7O3/c1-3-4-16-38-17-7-11-27(38)23-44-33-36-29-22-39(30-12-6-10-25-9-5-8-24(2)31(25)30)18-14-28(29)32(37-33)40-19-20-41(34(42)43)26(21-40)13-15-35/h1,5-6,8-10,12,26-27H,4,7,11,13-14,16-23H2,2H3,(H,42,43). The van der Waals surface area contributed by atoms with Crippen LogP contribution >= 0.6 is 0 Å². The molecule has 1 aromatic heterocycles. The van der Waals surface area contributed by atoms with Gasteiger partial charge in [-0.3, -0.25) is 4.90 Å². The summed E-state index contributed by atoms with van der Waals surface area (Å²) in [4.78, 5) is 30.1. The molecule has 0 saturated carbocycles. The highest BCUT2D eigenvalue weighted by atomic mass is 16.5. The molecule has 0 bridgehead atoms. The van der Waals surface area contributed by atoms with Gasteiger partial charge in [-0.2, -0.15) is 15.2 Å². The normalized spacial score (nSPS) is 20.3. The van der Waals surface area contributed by atoms with Gasteiger partial charge in [-0.25, -0.2) is 4.79 Å². The van der Waals surface area contributed by atoms with E-state index in [1.165, 1.54) is 26.9 Å². The van der Waals surface area contributed by atoms with Crippen molar-refractivity contribution in [2.45, 2.75) is 57.7 Å². The lowest BCUT2D eigenvalue weighted by Crippen LogP contribution is -2.55. The maximum absolute atomic E-state index is 11.9. The number of aromatic nitrogens is 2. The van der Waals surface area contributed by atoms with Crippen LogP contribution < -0.4 is 14.5 Å². The lowest BCUT2D eigenvalue weighted by Gasteiger charge is -2.41. The molecule has 1 amide bonds. The first-order valence-corrected chi connectivity index (χ1v) is 15.5. The number of anilines is 2. The summed E-state index contributed by atoms with van der Waals surface area (Å²) in [7, 11) is 0. The van der Waals surface area contributed by atoms with Gasteiger partial charge < -0.3 is 24.5 Å². The fourth-order valence-electron chi connectivity index (χ4n) is 7.03. The molecule has 3 aliphatic heterocycles. The monoisotopic (exact) mass is 593 g/mol. The third kappa shape index (κ3) is 5.95. The van der Waals surface area contributed by atoms with Crippen molar-refractivity contribution in [1.82, 2.24) is 19.8 Å². The van der Waals surface area contributed by atoms with Crippen molar-refractivity contribution in [3.63, 3.8) is 0 Å². The van der Waals surface area contributed by atoms with E-state index >= 15 is 0 Å². The van der Waals surface area contributed by atoms with E-state index in [0.29, 0.717) is 45.2 Å². The Labute approximate surface area is 258 Å². The Hall–Kier alpha value is -4.54. The van der Waals surface area contributed by atoms with Gasteiger partial charge in [0.25, 0.3) is 0 Å². The Morgan fingerprint density at radius 1 is 1.11 bits per heavy atom. The summed E-state index contributed by atoms with van der Waals surface area (Å²) in [6, 6.07) is 15.2. The predicted molar refractivity (Wildman–Crippen MR) is 170 cm³/mol. The molecule has 0 aliphatic carbocycles. The number of nitriles is 1. The lowest BCUT2D eigenvalue weighted by molar-refractivity contribution is 0.119. The molecule has 4 heterocycles. The van der Waals surface area contributed by atoms with E-state index in [1.54, 1.807) is 0 Å². The first-order valence-electron chi connectivity index (χ1n) is 15.5. The number of benzene rings is 2. The maximum atomic E-state index is 11.9. The Kier molecular flexibility index (Phi) is 8.72. The van der Waals surface area contributed by atoms with Gasteiger partial charge in [0.15, 0.2) is 0 Å². The average molecular weight is 594 g/mol. The van der Waals surface area contributed by atoms with Crippen LogP contribution in [0.15, 0.2) is 36.4 Å². The minimum atomic E-state index is -0.995. The molecule has 10 nitrogen and oxygen atoms in total. The second kappa shape index (κ2) is 13.0. The Bertz CT molecular complexity index is 1610. The van der Waals surface area contributed by atoms with Gasteiger partial charge >= 0.3 is 12.1 Å².